The highest BCUT2D eigenvalue weighted by Crippen LogP contribution is 2.36. The van der Waals surface area contributed by atoms with Crippen LogP contribution in [0, 0.1) is 0 Å². The van der Waals surface area contributed by atoms with Gasteiger partial charge in [-0.1, -0.05) is 23.2 Å². The number of nitrogens with zero attached hydrogens (tertiary/aromatic N) is 3. The summed E-state index contributed by atoms with van der Waals surface area (Å²) in [5, 5.41) is 2.33. The maximum atomic E-state index is 13.3. The van der Waals surface area contributed by atoms with Gasteiger partial charge in [-0.25, -0.2) is 4.98 Å². The molecule has 160 valence electrons. The number of fused-ring (bicyclic) bond motifs is 1. The van der Waals surface area contributed by atoms with Gasteiger partial charge >= 0.3 is 0 Å². The minimum Gasteiger partial charge on any atom is -0.339 e. The van der Waals surface area contributed by atoms with E-state index in [2.05, 4.69) is 0 Å². The summed E-state index contributed by atoms with van der Waals surface area (Å²) in [6.45, 7) is 1.95. The van der Waals surface area contributed by atoms with Crippen LogP contribution >= 0.6 is 34.5 Å². The number of hydrogen-bond donors (Lipinski definition) is 0. The van der Waals surface area contributed by atoms with Gasteiger partial charge in [-0.15, -0.1) is 11.3 Å². The lowest BCUT2D eigenvalue weighted by molar-refractivity contribution is -0.117. The Morgan fingerprint density at radius 3 is 2.52 bits per heavy atom. The molecule has 1 aromatic heterocycles. The molecule has 31 heavy (non-hydrogen) atoms. The number of carbonyl (C=O) groups excluding carboxylic acids is 2. The van der Waals surface area contributed by atoms with Crippen LogP contribution in [-0.4, -0.2) is 41.3 Å². The van der Waals surface area contributed by atoms with Crippen LogP contribution in [0.5, 0.6) is 0 Å². The van der Waals surface area contributed by atoms with E-state index in [9.17, 15) is 9.59 Å². The zero-order chi connectivity index (χ0) is 21.5. The Labute approximate surface area is 194 Å². The Kier molecular flexibility index (Phi) is 5.63. The maximum absolute atomic E-state index is 13.3. The quantitative estimate of drug-likeness (QED) is 0.486. The molecule has 2 amide bonds. The van der Waals surface area contributed by atoms with E-state index >= 15 is 0 Å². The number of hydrogen-bond acceptors (Lipinski definition) is 4. The van der Waals surface area contributed by atoms with Gasteiger partial charge in [-0.3, -0.25) is 9.59 Å². The molecular formula is C23H21Cl2N3O2S. The zero-order valence-corrected chi connectivity index (χ0v) is 19.1. The molecule has 0 radical (unpaired) electrons. The second kappa shape index (κ2) is 8.41. The molecule has 2 aliphatic rings. The first-order valence-corrected chi connectivity index (χ1v) is 12.0. The first-order chi connectivity index (χ1) is 15.0. The summed E-state index contributed by atoms with van der Waals surface area (Å²) in [6, 6.07) is 11.0. The SMILES string of the molecule is O=C(c1ccc(Cl)cc1N1CCCC1=O)N1CCC(c2nc3cc(Cl)ccc3s2)CC1. The van der Waals surface area contributed by atoms with Crippen molar-refractivity contribution in [2.75, 3.05) is 24.5 Å². The van der Waals surface area contributed by atoms with Crippen LogP contribution in [0.4, 0.5) is 5.69 Å². The van der Waals surface area contributed by atoms with Crippen LogP contribution in [0.15, 0.2) is 36.4 Å². The first kappa shape index (κ1) is 20.7. The molecule has 0 aliphatic carbocycles. The summed E-state index contributed by atoms with van der Waals surface area (Å²) in [5.74, 6) is 0.344. The molecule has 2 aromatic carbocycles. The van der Waals surface area contributed by atoms with Gasteiger partial charge in [0.15, 0.2) is 0 Å². The average Bonchev–Trinajstić information content (AvgIpc) is 3.39. The number of carbonyl (C=O) groups is 2. The van der Waals surface area contributed by atoms with Crippen molar-refractivity contribution in [1.82, 2.24) is 9.88 Å². The molecule has 0 unspecified atom stereocenters. The highest BCUT2D eigenvalue weighted by atomic mass is 35.5. The fourth-order valence-corrected chi connectivity index (χ4v) is 5.85. The summed E-state index contributed by atoms with van der Waals surface area (Å²) in [6.07, 6.45) is 3.05. The maximum Gasteiger partial charge on any atom is 0.255 e. The predicted octanol–water partition coefficient (Wildman–Crippen LogP) is 5.75. The van der Waals surface area contributed by atoms with Gasteiger partial charge in [0, 0.05) is 42.0 Å². The van der Waals surface area contributed by atoms with Crippen molar-refractivity contribution < 1.29 is 9.59 Å². The third-order valence-electron chi connectivity index (χ3n) is 6.05. The number of amides is 2. The summed E-state index contributed by atoms with van der Waals surface area (Å²) < 4.78 is 1.14. The molecule has 3 heterocycles. The number of anilines is 1. The molecule has 5 rings (SSSR count). The summed E-state index contributed by atoms with van der Waals surface area (Å²) >= 11 is 14.0. The molecule has 3 aromatic rings. The fraction of sp³-hybridized carbons (Fsp3) is 0.348. The van der Waals surface area contributed by atoms with Crippen LogP contribution in [0.2, 0.25) is 10.0 Å². The van der Waals surface area contributed by atoms with E-state index in [1.807, 2.05) is 23.1 Å². The van der Waals surface area contributed by atoms with E-state index in [0.29, 0.717) is 53.3 Å². The van der Waals surface area contributed by atoms with Crippen LogP contribution in [0.1, 0.15) is 47.0 Å². The number of halogens is 2. The second-order valence-electron chi connectivity index (χ2n) is 8.04. The minimum atomic E-state index is -0.0408. The van der Waals surface area contributed by atoms with Crippen molar-refractivity contribution in [2.24, 2.45) is 0 Å². The Morgan fingerprint density at radius 1 is 1.03 bits per heavy atom. The number of piperidine rings is 1. The number of benzene rings is 2. The lowest BCUT2D eigenvalue weighted by atomic mass is 9.96. The highest BCUT2D eigenvalue weighted by molar-refractivity contribution is 7.18. The van der Waals surface area contributed by atoms with Gasteiger partial charge in [0.1, 0.15) is 0 Å². The zero-order valence-electron chi connectivity index (χ0n) is 16.8. The third kappa shape index (κ3) is 4.04. The van der Waals surface area contributed by atoms with E-state index in [1.54, 1.807) is 34.4 Å². The molecule has 2 saturated heterocycles. The van der Waals surface area contributed by atoms with E-state index < -0.39 is 0 Å². The normalized spacial score (nSPS) is 17.7. The molecule has 0 saturated carbocycles. The molecule has 5 nitrogen and oxygen atoms in total. The van der Waals surface area contributed by atoms with Crippen molar-refractivity contribution in [3.8, 4) is 0 Å². The van der Waals surface area contributed by atoms with Crippen LogP contribution in [0.3, 0.4) is 0 Å². The van der Waals surface area contributed by atoms with Gasteiger partial charge in [-0.2, -0.15) is 0 Å². The first-order valence-electron chi connectivity index (χ1n) is 10.4. The summed E-state index contributed by atoms with van der Waals surface area (Å²) in [7, 11) is 0. The van der Waals surface area contributed by atoms with Crippen LogP contribution < -0.4 is 4.90 Å². The number of likely N-dealkylation sites (tertiary alicyclic amines) is 1. The van der Waals surface area contributed by atoms with E-state index in [-0.39, 0.29) is 11.8 Å². The third-order valence-corrected chi connectivity index (χ3v) is 7.72. The van der Waals surface area contributed by atoms with Crippen LogP contribution in [-0.2, 0) is 4.79 Å². The minimum absolute atomic E-state index is 0.0408. The van der Waals surface area contributed by atoms with Gasteiger partial charge in [0.25, 0.3) is 5.91 Å². The number of aromatic nitrogens is 1. The fourth-order valence-electron chi connectivity index (χ4n) is 4.40. The largest absolute Gasteiger partial charge is 0.339 e. The Morgan fingerprint density at radius 2 is 1.77 bits per heavy atom. The molecule has 0 atom stereocenters. The summed E-state index contributed by atoms with van der Waals surface area (Å²) in [4.78, 5) is 34.0. The topological polar surface area (TPSA) is 53.5 Å². The van der Waals surface area contributed by atoms with Gasteiger partial charge in [-0.05, 0) is 55.7 Å². The van der Waals surface area contributed by atoms with Crippen molar-refractivity contribution >= 4 is 62.3 Å². The summed E-state index contributed by atoms with van der Waals surface area (Å²) in [5.41, 5.74) is 2.12. The Balaban J connectivity index is 1.32. The molecule has 2 fully saturated rings. The molecular weight excluding hydrogens is 453 g/mol. The van der Waals surface area contributed by atoms with Crippen molar-refractivity contribution in [2.45, 2.75) is 31.6 Å². The van der Waals surface area contributed by atoms with Crippen molar-refractivity contribution in [3.05, 3.63) is 57.0 Å². The number of rotatable bonds is 3. The molecule has 0 spiro atoms. The van der Waals surface area contributed by atoms with E-state index in [1.165, 1.54) is 0 Å². The standard InChI is InChI=1S/C23H21Cl2N3O2S/c24-15-4-6-20-18(12-15)26-22(31-20)14-7-10-27(11-8-14)23(30)17-5-3-16(25)13-19(17)28-9-1-2-21(28)29/h3-6,12-14H,1-2,7-11H2. The lowest BCUT2D eigenvalue weighted by Crippen LogP contribution is -2.39. The lowest BCUT2D eigenvalue weighted by Gasteiger charge is -2.32. The van der Waals surface area contributed by atoms with E-state index in [4.69, 9.17) is 28.2 Å². The monoisotopic (exact) mass is 473 g/mol. The van der Waals surface area contributed by atoms with Crippen molar-refractivity contribution in [3.63, 3.8) is 0 Å². The number of thiazole rings is 1. The highest BCUT2D eigenvalue weighted by Gasteiger charge is 2.31. The molecule has 8 heteroatoms. The molecule has 2 aliphatic heterocycles. The van der Waals surface area contributed by atoms with E-state index in [0.717, 1.165) is 34.5 Å². The van der Waals surface area contributed by atoms with Gasteiger partial charge in [0.05, 0.1) is 26.5 Å². The van der Waals surface area contributed by atoms with Crippen LogP contribution in [0.25, 0.3) is 10.2 Å². The average molecular weight is 474 g/mol. The Hall–Kier alpha value is -2.15. The smallest absolute Gasteiger partial charge is 0.255 e. The predicted molar refractivity (Wildman–Crippen MR) is 126 cm³/mol. The van der Waals surface area contributed by atoms with Gasteiger partial charge < -0.3 is 9.80 Å². The Bertz CT molecular complexity index is 1170. The molecule has 0 N–H and O–H groups in total. The molecule has 0 bridgehead atoms. The van der Waals surface area contributed by atoms with Crippen molar-refractivity contribution in [1.29, 1.82) is 0 Å². The van der Waals surface area contributed by atoms with Gasteiger partial charge in [0.2, 0.25) is 5.91 Å². The second-order valence-corrected chi connectivity index (χ2v) is 9.98.